The number of benzene rings is 5. The molecule has 2 N–H and O–H groups in total. The Bertz CT molecular complexity index is 3050. The molecular weight excluding hydrogens is 832 g/mol. The summed E-state index contributed by atoms with van der Waals surface area (Å²) >= 11 is 0.950. The van der Waals surface area contributed by atoms with Crippen molar-refractivity contribution in [1.82, 2.24) is 0 Å². The number of fused-ring (bicyclic) bond motifs is 1. The number of thiophene rings is 1. The molecule has 0 saturated carbocycles. The average molecular weight is 853 g/mol. The van der Waals surface area contributed by atoms with E-state index in [2.05, 4.69) is 43.2 Å². The van der Waals surface area contributed by atoms with Crippen LogP contribution in [0.4, 0.5) is 44.1 Å². The van der Waals surface area contributed by atoms with Crippen LogP contribution >= 0.6 is 11.3 Å². The van der Waals surface area contributed by atoms with Gasteiger partial charge < -0.3 is 24.3 Å². The van der Waals surface area contributed by atoms with E-state index in [-0.39, 0.29) is 125 Å². The van der Waals surface area contributed by atoms with E-state index >= 15 is 0 Å². The predicted octanol–water partition coefficient (Wildman–Crippen LogP) is -4.20. The Morgan fingerprint density at radius 2 is 1.22 bits per heavy atom. The maximum absolute atomic E-state index is 11.6. The van der Waals surface area contributed by atoms with Crippen molar-refractivity contribution in [2.24, 2.45) is 20.5 Å². The van der Waals surface area contributed by atoms with Crippen LogP contribution in [0.1, 0.15) is 16.7 Å². The Morgan fingerprint density at radius 1 is 0.650 bits per heavy atom. The molecule has 0 spiro atoms. The molecule has 0 aliphatic carbocycles. The molecule has 0 unspecified atom stereocenters. The minimum absolute atomic E-state index is 0. The van der Waals surface area contributed by atoms with Crippen LogP contribution in [-0.2, 0) is 30.4 Å². The second-order valence-corrected chi connectivity index (χ2v) is 16.6. The maximum atomic E-state index is 11.6. The van der Waals surface area contributed by atoms with Crippen molar-refractivity contribution >= 4 is 96.6 Å². The van der Waals surface area contributed by atoms with E-state index in [4.69, 9.17) is 0 Å². The van der Waals surface area contributed by atoms with Crippen LogP contribution in [0.2, 0.25) is 0 Å². The summed E-state index contributed by atoms with van der Waals surface area (Å²) in [5, 5.41) is 44.0. The molecular formula is C35H20Li4N8O9S4. The first-order valence-corrected chi connectivity index (χ1v) is 20.5. The molecule has 0 bridgehead atoms. The van der Waals surface area contributed by atoms with Gasteiger partial charge in [-0.15, -0.1) is 26.1 Å². The summed E-state index contributed by atoms with van der Waals surface area (Å²) in [5.74, 6) is 0. The minimum Gasteiger partial charge on any atom is -0.754 e. The van der Waals surface area contributed by atoms with Gasteiger partial charge in [0, 0.05) is 11.4 Å². The number of nitrogens with one attached hydrogen (secondary N) is 2. The van der Waals surface area contributed by atoms with Gasteiger partial charge in [-0.1, -0.05) is 23.5 Å². The minimum atomic E-state index is -4.74. The van der Waals surface area contributed by atoms with Crippen LogP contribution in [0, 0.1) is 35.7 Å². The van der Waals surface area contributed by atoms with Crippen LogP contribution in [0.5, 0.6) is 0 Å². The van der Waals surface area contributed by atoms with E-state index < -0.39 is 45.0 Å². The Kier molecular flexibility index (Phi) is 18.4. The van der Waals surface area contributed by atoms with Gasteiger partial charge in [0.2, 0.25) is 0 Å². The summed E-state index contributed by atoms with van der Waals surface area (Å²) in [6.45, 7) is 1.57. The van der Waals surface area contributed by atoms with E-state index in [0.717, 1.165) is 41.7 Å². The first-order chi connectivity index (χ1) is 26.4. The molecule has 6 rings (SSSR count). The molecule has 0 aliphatic rings. The summed E-state index contributed by atoms with van der Waals surface area (Å²) in [5.41, 5.74) is 1.95. The Morgan fingerprint density at radius 3 is 1.73 bits per heavy atom. The molecule has 282 valence electrons. The van der Waals surface area contributed by atoms with Crippen molar-refractivity contribution in [3.8, 4) is 12.1 Å². The fourth-order valence-electron chi connectivity index (χ4n) is 5.22. The first-order valence-electron chi connectivity index (χ1n) is 15.5. The van der Waals surface area contributed by atoms with Crippen molar-refractivity contribution in [2.45, 2.75) is 21.6 Å². The Balaban J connectivity index is 0.00000310. The first kappa shape index (κ1) is 52.1. The largest absolute Gasteiger partial charge is 1.00 e. The van der Waals surface area contributed by atoms with Crippen LogP contribution in [-0.4, -0.2) is 38.9 Å². The van der Waals surface area contributed by atoms with Crippen LogP contribution in [0.15, 0.2) is 126 Å². The second kappa shape index (κ2) is 21.2. The molecule has 0 fully saturated rings. The molecule has 60 heavy (non-hydrogen) atoms. The third kappa shape index (κ3) is 12.3. The monoisotopic (exact) mass is 852 g/mol. The fraction of sp³-hybridized carbons (Fsp3) is 0.0286. The Labute approximate surface area is 396 Å². The molecule has 1 aromatic heterocycles. The molecule has 0 amide bonds. The molecule has 5 aromatic carbocycles. The van der Waals surface area contributed by atoms with Gasteiger partial charge in [0.15, 0.2) is 5.00 Å². The Hall–Kier alpha value is -4.04. The van der Waals surface area contributed by atoms with E-state index in [9.17, 15) is 49.4 Å². The maximum Gasteiger partial charge on any atom is 1.00 e. The molecule has 1 heterocycles. The second-order valence-electron chi connectivity index (χ2n) is 11.5. The van der Waals surface area contributed by atoms with Crippen molar-refractivity contribution in [3.05, 3.63) is 114 Å². The summed E-state index contributed by atoms with van der Waals surface area (Å²) in [6, 6.07) is 26.3. The summed E-state index contributed by atoms with van der Waals surface area (Å²) < 4.78 is 104. The zero-order valence-electron chi connectivity index (χ0n) is 32.2. The number of hydrogen-bond donors (Lipinski definition) is 2. The predicted molar refractivity (Wildman–Crippen MR) is 199 cm³/mol. The van der Waals surface area contributed by atoms with Gasteiger partial charge in [-0.25, -0.2) is 16.8 Å². The summed E-state index contributed by atoms with van der Waals surface area (Å²) in [4.78, 5) is -1.36. The number of nitrogens with zero attached hydrogens (tertiary/aromatic N) is 6. The van der Waals surface area contributed by atoms with Crippen molar-refractivity contribution in [1.29, 1.82) is 10.5 Å². The number of azo groups is 2. The van der Waals surface area contributed by atoms with Gasteiger partial charge in [-0.2, -0.15) is 33.8 Å². The molecule has 0 saturated heterocycles. The van der Waals surface area contributed by atoms with Gasteiger partial charge in [-0.3, -0.25) is 8.42 Å². The summed E-state index contributed by atoms with van der Waals surface area (Å²) in [6.07, 6.45) is 0. The zero-order chi connectivity index (χ0) is 40.4. The van der Waals surface area contributed by atoms with Crippen LogP contribution in [0.3, 0.4) is 0 Å². The van der Waals surface area contributed by atoms with Crippen LogP contribution in [0.25, 0.3) is 10.8 Å². The van der Waals surface area contributed by atoms with Gasteiger partial charge in [-0.05, 0) is 84.1 Å². The molecule has 17 nitrogen and oxygen atoms in total. The molecule has 6 aromatic rings. The molecule has 0 radical (unpaired) electrons. The molecule has 25 heteroatoms. The third-order valence-corrected chi connectivity index (χ3v) is 11.3. The quantitative estimate of drug-likeness (QED) is 0.0542. The number of anilines is 4. The van der Waals surface area contributed by atoms with E-state index in [1.165, 1.54) is 60.7 Å². The third-order valence-electron chi connectivity index (χ3n) is 7.85. The smallest absolute Gasteiger partial charge is 0.754 e. The molecule has 0 atom stereocenters. The number of hydrogen-bond acceptors (Lipinski definition) is 18. The summed E-state index contributed by atoms with van der Waals surface area (Å²) in [7, 11) is -14.2. The van der Waals surface area contributed by atoms with Crippen molar-refractivity contribution in [3.63, 3.8) is 0 Å². The van der Waals surface area contributed by atoms with Gasteiger partial charge >= 0.3 is 75.4 Å². The van der Waals surface area contributed by atoms with Crippen molar-refractivity contribution < 1.29 is 114 Å². The van der Waals surface area contributed by atoms with Crippen molar-refractivity contribution in [2.75, 3.05) is 10.6 Å². The van der Waals surface area contributed by atoms with Gasteiger partial charge in [0.05, 0.1) is 48.1 Å². The zero-order valence-corrected chi connectivity index (χ0v) is 35.4. The normalized spacial score (nSPS) is 11.4. The average Bonchev–Trinajstić information content (AvgIpc) is 3.55. The van der Waals surface area contributed by atoms with E-state index in [0.29, 0.717) is 22.4 Å². The van der Waals surface area contributed by atoms with E-state index in [1.54, 1.807) is 6.92 Å². The number of nitriles is 2. The van der Waals surface area contributed by atoms with Gasteiger partial charge in [0.1, 0.15) is 43.1 Å². The SMILES string of the molecule is Cc1c(C#N)c(Nc2ccc(S(=O)(=O)[O-])cc2)cc(Nc2ccc(S(=O)(=O)[O-])cc2)c1N=Nc1sc(N=Nc2ccc3c(S(=O)(=O)[O-])c[c-]cc3c2)cc1C#N.[Li+].[Li+].[Li+].[Li+]. The van der Waals surface area contributed by atoms with Gasteiger partial charge in [0.25, 0.3) is 0 Å². The number of rotatable bonds is 11. The topological polar surface area (TPSA) is 293 Å². The van der Waals surface area contributed by atoms with E-state index in [1.807, 2.05) is 6.07 Å². The fourth-order valence-corrected chi connectivity index (χ4v) is 7.58. The molecule has 0 aliphatic heterocycles. The van der Waals surface area contributed by atoms with Crippen LogP contribution < -0.4 is 86.1 Å². The standard InChI is InChI=1S/C35H23N8O9S4.4Li/c1-20-29(19-37)30(38-23-5-10-26(11-6-23)54(44,45)46)17-31(39-24-7-12-27(13-8-24)55(47,48)49)34(20)42-43-35-22(18-36)16-33(53-35)41-40-25-9-14-28-21(15-25)3-2-4-32(28)56(50,51)52;;;;/h3-17,38-39H,1H3,(H,44,45,46)(H,47,48,49)(H,50,51,52);;;;/q-1;4*+1/p-3.